The average Bonchev–Trinajstić information content (AvgIpc) is 2.16. The fraction of sp³-hybridized carbons (Fsp3) is 0.500. The minimum Gasteiger partial charge on any atom is -0.247 e. The highest BCUT2D eigenvalue weighted by molar-refractivity contribution is 7.99. The molecule has 0 bridgehead atoms. The fourth-order valence-corrected chi connectivity index (χ4v) is 2.40. The largest absolute Gasteiger partial charge is 0.247 e. The van der Waals surface area contributed by atoms with Crippen molar-refractivity contribution in [1.29, 1.82) is 5.26 Å². The number of hydrogen-bond acceptors (Lipinski definition) is 3. The van der Waals surface area contributed by atoms with Gasteiger partial charge in [0.15, 0.2) is 0 Å². The normalized spacial score (nSPS) is 9.93. The first-order valence-electron chi connectivity index (χ1n) is 5.17. The van der Waals surface area contributed by atoms with Crippen LogP contribution >= 0.6 is 11.8 Å². The molecule has 0 amide bonds. The number of aryl methyl sites for hydroxylation is 2. The first-order valence-corrected chi connectivity index (χ1v) is 6.16. The van der Waals surface area contributed by atoms with Crippen molar-refractivity contribution in [3.05, 3.63) is 23.4 Å². The van der Waals surface area contributed by atoms with Gasteiger partial charge < -0.3 is 0 Å². The Morgan fingerprint density at radius 3 is 2.80 bits per heavy atom. The van der Waals surface area contributed by atoms with Gasteiger partial charge in [0.25, 0.3) is 0 Å². The van der Waals surface area contributed by atoms with Crippen molar-refractivity contribution in [2.75, 3.05) is 5.75 Å². The van der Waals surface area contributed by atoms with E-state index in [9.17, 15) is 0 Å². The molecule has 15 heavy (non-hydrogen) atoms. The zero-order valence-electron chi connectivity index (χ0n) is 9.29. The molecule has 1 rings (SSSR count). The van der Waals surface area contributed by atoms with Crippen LogP contribution in [0.5, 0.6) is 0 Å². The number of aromatic nitrogens is 1. The Kier molecular flexibility index (Phi) is 5.20. The lowest BCUT2D eigenvalue weighted by Gasteiger charge is -2.03. The van der Waals surface area contributed by atoms with Crippen LogP contribution in [0.2, 0.25) is 0 Å². The van der Waals surface area contributed by atoms with E-state index in [1.54, 1.807) is 11.8 Å². The van der Waals surface area contributed by atoms with Gasteiger partial charge in [-0.15, -0.1) is 11.8 Å². The molecule has 2 nitrogen and oxygen atoms in total. The zero-order valence-corrected chi connectivity index (χ0v) is 10.1. The van der Waals surface area contributed by atoms with Crippen molar-refractivity contribution < 1.29 is 0 Å². The maximum absolute atomic E-state index is 8.39. The van der Waals surface area contributed by atoms with Crippen molar-refractivity contribution in [3.8, 4) is 6.07 Å². The minimum absolute atomic E-state index is 0.667. The summed E-state index contributed by atoms with van der Waals surface area (Å²) in [7, 11) is 0. The van der Waals surface area contributed by atoms with E-state index in [0.717, 1.165) is 29.3 Å². The molecule has 1 aromatic heterocycles. The van der Waals surface area contributed by atoms with Gasteiger partial charge in [-0.1, -0.05) is 0 Å². The highest BCUT2D eigenvalue weighted by Gasteiger charge is 1.98. The molecule has 0 fully saturated rings. The first-order chi connectivity index (χ1) is 7.22. The SMILES string of the molecule is Cc1cc(C)nc(SCCCCC#N)c1. The quantitative estimate of drug-likeness (QED) is 0.563. The summed E-state index contributed by atoms with van der Waals surface area (Å²) >= 11 is 1.78. The van der Waals surface area contributed by atoms with Crippen molar-refractivity contribution in [1.82, 2.24) is 4.98 Å². The van der Waals surface area contributed by atoms with Crippen LogP contribution in [-0.2, 0) is 0 Å². The highest BCUT2D eigenvalue weighted by Crippen LogP contribution is 2.19. The van der Waals surface area contributed by atoms with E-state index in [4.69, 9.17) is 5.26 Å². The van der Waals surface area contributed by atoms with E-state index in [1.807, 2.05) is 6.92 Å². The van der Waals surface area contributed by atoms with Gasteiger partial charge in [-0.05, 0) is 50.1 Å². The van der Waals surface area contributed by atoms with E-state index < -0.39 is 0 Å². The molecule has 0 aliphatic carbocycles. The maximum atomic E-state index is 8.39. The molecule has 0 radical (unpaired) electrons. The molecule has 0 saturated heterocycles. The fourth-order valence-electron chi connectivity index (χ4n) is 1.36. The van der Waals surface area contributed by atoms with Crippen LogP contribution in [0, 0.1) is 25.2 Å². The van der Waals surface area contributed by atoms with E-state index in [0.29, 0.717) is 6.42 Å². The number of pyridine rings is 1. The van der Waals surface area contributed by atoms with Crippen LogP contribution in [0.4, 0.5) is 0 Å². The molecule has 0 aromatic carbocycles. The number of unbranched alkanes of at least 4 members (excludes halogenated alkanes) is 2. The van der Waals surface area contributed by atoms with Crippen LogP contribution in [0.3, 0.4) is 0 Å². The summed E-state index contributed by atoms with van der Waals surface area (Å²) < 4.78 is 0. The number of nitriles is 1. The molecule has 80 valence electrons. The van der Waals surface area contributed by atoms with Crippen molar-refractivity contribution in [2.45, 2.75) is 38.1 Å². The second kappa shape index (κ2) is 6.47. The molecule has 0 saturated carbocycles. The lowest BCUT2D eigenvalue weighted by molar-refractivity contribution is 0.829. The van der Waals surface area contributed by atoms with Crippen LogP contribution in [0.15, 0.2) is 17.2 Å². The summed E-state index contributed by atoms with van der Waals surface area (Å²) in [6, 6.07) is 6.36. The average molecular weight is 220 g/mol. The molecule has 1 heterocycles. The van der Waals surface area contributed by atoms with E-state index in [1.165, 1.54) is 5.56 Å². The smallest absolute Gasteiger partial charge is 0.0965 e. The van der Waals surface area contributed by atoms with Crippen LogP contribution in [0.25, 0.3) is 0 Å². The van der Waals surface area contributed by atoms with Gasteiger partial charge in [0.05, 0.1) is 11.1 Å². The molecule has 1 aromatic rings. The predicted molar refractivity (Wildman–Crippen MR) is 63.9 cm³/mol. The molecule has 0 aliphatic heterocycles. The standard InChI is InChI=1S/C12H16N2S/c1-10-8-11(2)14-12(9-10)15-7-5-3-4-6-13/h8-9H,3-5,7H2,1-2H3. The Morgan fingerprint density at radius 2 is 2.13 bits per heavy atom. The van der Waals surface area contributed by atoms with Gasteiger partial charge in [0.2, 0.25) is 0 Å². The van der Waals surface area contributed by atoms with Crippen molar-refractivity contribution >= 4 is 11.8 Å². The van der Waals surface area contributed by atoms with Crippen LogP contribution in [0.1, 0.15) is 30.5 Å². The third kappa shape index (κ3) is 4.85. The minimum atomic E-state index is 0.667. The first kappa shape index (κ1) is 12.1. The Bertz CT molecular complexity index is 335. The molecular formula is C12H16N2S. The summed E-state index contributed by atoms with van der Waals surface area (Å²) in [5, 5.41) is 9.49. The number of rotatable bonds is 5. The summed E-state index contributed by atoms with van der Waals surface area (Å²) in [6.45, 7) is 4.11. The second-order valence-corrected chi connectivity index (χ2v) is 4.70. The Labute approximate surface area is 95.7 Å². The summed E-state index contributed by atoms with van der Waals surface area (Å²) in [5.41, 5.74) is 2.34. The molecule has 0 spiro atoms. The summed E-state index contributed by atoms with van der Waals surface area (Å²) in [5.74, 6) is 1.05. The summed E-state index contributed by atoms with van der Waals surface area (Å²) in [4.78, 5) is 4.45. The van der Waals surface area contributed by atoms with Crippen molar-refractivity contribution in [3.63, 3.8) is 0 Å². The molecule has 3 heteroatoms. The van der Waals surface area contributed by atoms with Gasteiger partial charge in [-0.2, -0.15) is 5.26 Å². The lowest BCUT2D eigenvalue weighted by atomic mass is 10.3. The van der Waals surface area contributed by atoms with Crippen molar-refractivity contribution in [2.24, 2.45) is 0 Å². The Balaban J connectivity index is 2.34. The third-order valence-electron chi connectivity index (χ3n) is 2.01. The molecule has 0 N–H and O–H groups in total. The lowest BCUT2D eigenvalue weighted by Crippen LogP contribution is -1.88. The van der Waals surface area contributed by atoms with Gasteiger partial charge in [0, 0.05) is 12.1 Å². The third-order valence-corrected chi connectivity index (χ3v) is 3.00. The second-order valence-electron chi connectivity index (χ2n) is 3.59. The monoisotopic (exact) mass is 220 g/mol. The van der Waals surface area contributed by atoms with E-state index in [-0.39, 0.29) is 0 Å². The highest BCUT2D eigenvalue weighted by atomic mass is 32.2. The number of thioether (sulfide) groups is 1. The maximum Gasteiger partial charge on any atom is 0.0965 e. The van der Waals surface area contributed by atoms with Gasteiger partial charge in [-0.3, -0.25) is 0 Å². The molecule has 0 atom stereocenters. The number of nitrogens with zero attached hydrogens (tertiary/aromatic N) is 2. The topological polar surface area (TPSA) is 36.7 Å². The zero-order chi connectivity index (χ0) is 11.1. The van der Waals surface area contributed by atoms with Gasteiger partial charge >= 0.3 is 0 Å². The van der Waals surface area contributed by atoms with E-state index >= 15 is 0 Å². The molecular weight excluding hydrogens is 204 g/mol. The summed E-state index contributed by atoms with van der Waals surface area (Å²) in [6.07, 6.45) is 2.75. The Morgan fingerprint density at radius 1 is 1.33 bits per heavy atom. The Hall–Kier alpha value is -1.01. The predicted octanol–water partition coefficient (Wildman–Crippen LogP) is 3.48. The van der Waals surface area contributed by atoms with Crippen LogP contribution < -0.4 is 0 Å². The molecule has 0 aliphatic rings. The number of hydrogen-bond donors (Lipinski definition) is 0. The van der Waals surface area contributed by atoms with Crippen LogP contribution in [-0.4, -0.2) is 10.7 Å². The van der Waals surface area contributed by atoms with Gasteiger partial charge in [0.1, 0.15) is 0 Å². The van der Waals surface area contributed by atoms with E-state index in [2.05, 4.69) is 30.1 Å². The van der Waals surface area contributed by atoms with Gasteiger partial charge in [-0.25, -0.2) is 4.98 Å². The molecule has 0 unspecified atom stereocenters.